The number of likely N-dealkylation sites (N-methyl/N-ethyl adjacent to an activating group) is 1. The molecule has 0 aromatic carbocycles. The number of nitrogens with two attached hydrogens (primary N) is 1. The summed E-state index contributed by atoms with van der Waals surface area (Å²) in [6, 6.07) is 7.83. The molecule has 0 unspecified atom stereocenters. The van der Waals surface area contributed by atoms with Crippen molar-refractivity contribution in [1.82, 2.24) is 14.8 Å². The minimum atomic E-state index is -0.297. The van der Waals surface area contributed by atoms with Gasteiger partial charge in [0.05, 0.1) is 36.0 Å². The quantitative estimate of drug-likeness (QED) is 0.789. The van der Waals surface area contributed by atoms with Gasteiger partial charge in [-0.1, -0.05) is 6.07 Å². The van der Waals surface area contributed by atoms with Crippen LogP contribution in [0.25, 0.3) is 10.6 Å². The average Bonchev–Trinajstić information content (AvgIpc) is 3.21. The van der Waals surface area contributed by atoms with Crippen LogP contribution in [0, 0.1) is 0 Å². The van der Waals surface area contributed by atoms with Crippen LogP contribution in [0.3, 0.4) is 0 Å². The van der Waals surface area contributed by atoms with Gasteiger partial charge in [0.15, 0.2) is 0 Å². The van der Waals surface area contributed by atoms with Crippen LogP contribution < -0.4 is 5.73 Å². The first-order valence-corrected chi connectivity index (χ1v) is 11.4. The molecule has 1 amide bonds. The van der Waals surface area contributed by atoms with Gasteiger partial charge in [0, 0.05) is 30.9 Å². The SMILES string of the molecule is CN1CCOC[C@H]1C(=O)N1CCC2(CC1)OCCc1sc(-c3cccc(N)n3)cc12. The van der Waals surface area contributed by atoms with E-state index in [1.54, 1.807) is 11.3 Å². The number of carbonyl (C=O) groups is 1. The van der Waals surface area contributed by atoms with Crippen molar-refractivity contribution in [3.05, 3.63) is 34.7 Å². The van der Waals surface area contributed by atoms with Crippen LogP contribution in [-0.2, 0) is 26.3 Å². The molecule has 2 aromatic heterocycles. The Balaban J connectivity index is 1.34. The molecule has 1 spiro atoms. The van der Waals surface area contributed by atoms with E-state index in [2.05, 4.69) is 16.0 Å². The van der Waals surface area contributed by atoms with Gasteiger partial charge in [0.2, 0.25) is 5.91 Å². The lowest BCUT2D eigenvalue weighted by atomic mass is 9.82. The summed E-state index contributed by atoms with van der Waals surface area (Å²) in [6.07, 6.45) is 2.57. The van der Waals surface area contributed by atoms with Crippen LogP contribution in [0.1, 0.15) is 23.3 Å². The molecule has 30 heavy (non-hydrogen) atoms. The van der Waals surface area contributed by atoms with E-state index in [0.29, 0.717) is 32.1 Å². The van der Waals surface area contributed by atoms with E-state index in [0.717, 1.165) is 43.0 Å². The number of rotatable bonds is 2. The van der Waals surface area contributed by atoms with Gasteiger partial charge in [-0.3, -0.25) is 9.69 Å². The number of likely N-dealkylation sites (tertiary alicyclic amines) is 1. The van der Waals surface area contributed by atoms with E-state index in [-0.39, 0.29) is 17.6 Å². The smallest absolute Gasteiger partial charge is 0.242 e. The highest BCUT2D eigenvalue weighted by Gasteiger charge is 2.44. The molecule has 2 N–H and O–H groups in total. The molecular weight excluding hydrogens is 400 g/mol. The number of nitrogen functional groups attached to an aromatic ring is 1. The summed E-state index contributed by atoms with van der Waals surface area (Å²) in [5, 5.41) is 0. The zero-order valence-electron chi connectivity index (χ0n) is 17.3. The summed E-state index contributed by atoms with van der Waals surface area (Å²) < 4.78 is 11.9. The van der Waals surface area contributed by atoms with E-state index in [9.17, 15) is 4.79 Å². The van der Waals surface area contributed by atoms with Crippen molar-refractivity contribution in [2.75, 3.05) is 52.2 Å². The summed E-state index contributed by atoms with van der Waals surface area (Å²) in [5.41, 5.74) is 7.79. The van der Waals surface area contributed by atoms with Crippen LogP contribution in [0.15, 0.2) is 24.3 Å². The Morgan fingerprint density at radius 1 is 1.27 bits per heavy atom. The third kappa shape index (κ3) is 3.51. The molecule has 5 rings (SSSR count). The van der Waals surface area contributed by atoms with Crippen molar-refractivity contribution < 1.29 is 14.3 Å². The summed E-state index contributed by atoms with van der Waals surface area (Å²) in [4.78, 5) is 24.1. The predicted octanol–water partition coefficient (Wildman–Crippen LogP) is 2.11. The molecule has 2 aromatic rings. The number of thiophene rings is 1. The number of pyridine rings is 1. The second kappa shape index (κ2) is 7.92. The topological polar surface area (TPSA) is 80.9 Å². The van der Waals surface area contributed by atoms with Gasteiger partial charge >= 0.3 is 0 Å². The van der Waals surface area contributed by atoms with E-state index >= 15 is 0 Å². The lowest BCUT2D eigenvalue weighted by Gasteiger charge is -2.45. The molecule has 0 bridgehead atoms. The van der Waals surface area contributed by atoms with Crippen LogP contribution in [0.5, 0.6) is 0 Å². The standard InChI is InChI=1S/C22H28N4O3S/c1-25-10-12-28-14-17(25)21(27)26-8-6-22(7-9-26)15-13-19(30-18(15)5-11-29-22)16-3-2-4-20(23)24-16/h2-4,13,17H,5-12,14H2,1H3,(H2,23,24)/t17-/m0/s1. The summed E-state index contributed by atoms with van der Waals surface area (Å²) in [7, 11) is 2.00. The Morgan fingerprint density at radius 2 is 2.10 bits per heavy atom. The Bertz CT molecular complexity index is 938. The predicted molar refractivity (Wildman–Crippen MR) is 116 cm³/mol. The third-order valence-corrected chi connectivity index (χ3v) is 7.81. The van der Waals surface area contributed by atoms with Crippen molar-refractivity contribution in [3.8, 4) is 10.6 Å². The Labute approximate surface area is 180 Å². The number of morpholine rings is 1. The van der Waals surface area contributed by atoms with Crippen LogP contribution >= 0.6 is 11.3 Å². The Hall–Kier alpha value is -2.00. The normalized spacial score (nSPS) is 24.0. The van der Waals surface area contributed by atoms with Crippen molar-refractivity contribution in [2.45, 2.75) is 30.9 Å². The van der Waals surface area contributed by atoms with Gasteiger partial charge in [-0.2, -0.15) is 0 Å². The molecule has 7 nitrogen and oxygen atoms in total. The lowest BCUT2D eigenvalue weighted by Crippen LogP contribution is -2.56. The van der Waals surface area contributed by atoms with Gasteiger partial charge < -0.3 is 20.1 Å². The van der Waals surface area contributed by atoms with Gasteiger partial charge in [-0.05, 0) is 43.7 Å². The molecular formula is C22H28N4O3S. The second-order valence-corrected chi connectivity index (χ2v) is 9.52. The van der Waals surface area contributed by atoms with Crippen molar-refractivity contribution in [3.63, 3.8) is 0 Å². The number of piperidine rings is 1. The minimum Gasteiger partial charge on any atom is -0.384 e. The van der Waals surface area contributed by atoms with Gasteiger partial charge in [0.1, 0.15) is 11.9 Å². The lowest BCUT2D eigenvalue weighted by molar-refractivity contribution is -0.150. The molecule has 2 fully saturated rings. The zero-order chi connectivity index (χ0) is 20.7. The first kappa shape index (κ1) is 19.9. The van der Waals surface area contributed by atoms with Gasteiger partial charge in [-0.25, -0.2) is 4.98 Å². The van der Waals surface area contributed by atoms with Crippen LogP contribution in [-0.4, -0.2) is 73.2 Å². The van der Waals surface area contributed by atoms with Crippen LogP contribution in [0.4, 0.5) is 5.82 Å². The summed E-state index contributed by atoms with van der Waals surface area (Å²) in [6.45, 7) is 4.14. The number of carbonyl (C=O) groups excluding carboxylic acids is 1. The molecule has 2 saturated heterocycles. The highest BCUT2D eigenvalue weighted by atomic mass is 32.1. The first-order valence-electron chi connectivity index (χ1n) is 10.6. The minimum absolute atomic E-state index is 0.169. The van der Waals surface area contributed by atoms with E-state index in [1.165, 1.54) is 10.4 Å². The van der Waals surface area contributed by atoms with E-state index in [4.69, 9.17) is 15.2 Å². The second-order valence-electron chi connectivity index (χ2n) is 8.38. The molecule has 3 aliphatic heterocycles. The third-order valence-electron chi connectivity index (χ3n) is 6.59. The largest absolute Gasteiger partial charge is 0.384 e. The maximum atomic E-state index is 13.0. The fourth-order valence-corrected chi connectivity index (χ4v) is 5.99. The van der Waals surface area contributed by atoms with E-state index in [1.807, 2.05) is 30.1 Å². The fraction of sp³-hybridized carbons (Fsp3) is 0.545. The molecule has 1 atom stereocenters. The first-order chi connectivity index (χ1) is 14.6. The number of hydrogen-bond donors (Lipinski definition) is 1. The molecule has 8 heteroatoms. The Morgan fingerprint density at radius 3 is 2.87 bits per heavy atom. The van der Waals surface area contributed by atoms with Crippen LogP contribution in [0.2, 0.25) is 0 Å². The van der Waals surface area contributed by atoms with Crippen molar-refractivity contribution in [1.29, 1.82) is 0 Å². The molecule has 0 saturated carbocycles. The number of ether oxygens (including phenoxy) is 2. The molecule has 0 aliphatic carbocycles. The number of amides is 1. The van der Waals surface area contributed by atoms with Gasteiger partial charge in [-0.15, -0.1) is 11.3 Å². The van der Waals surface area contributed by atoms with E-state index < -0.39 is 0 Å². The maximum Gasteiger partial charge on any atom is 0.242 e. The molecule has 160 valence electrons. The maximum absolute atomic E-state index is 13.0. The molecule has 0 radical (unpaired) electrons. The monoisotopic (exact) mass is 428 g/mol. The molecule has 3 aliphatic rings. The molecule has 5 heterocycles. The zero-order valence-corrected chi connectivity index (χ0v) is 18.1. The summed E-state index contributed by atoms with van der Waals surface area (Å²) >= 11 is 1.79. The average molecular weight is 429 g/mol. The summed E-state index contributed by atoms with van der Waals surface area (Å²) in [5.74, 6) is 0.714. The number of aromatic nitrogens is 1. The number of hydrogen-bond acceptors (Lipinski definition) is 7. The van der Waals surface area contributed by atoms with Crippen molar-refractivity contribution >= 4 is 23.1 Å². The highest BCUT2D eigenvalue weighted by Crippen LogP contribution is 2.46. The van der Waals surface area contributed by atoms with Gasteiger partial charge in [0.25, 0.3) is 0 Å². The number of nitrogens with zero attached hydrogens (tertiary/aromatic N) is 3. The van der Waals surface area contributed by atoms with Crippen molar-refractivity contribution in [2.24, 2.45) is 0 Å². The highest BCUT2D eigenvalue weighted by molar-refractivity contribution is 7.15. The fourth-order valence-electron chi connectivity index (χ4n) is 4.79. The number of anilines is 1. The Kier molecular flexibility index (Phi) is 5.26. The number of fused-ring (bicyclic) bond motifs is 2.